The summed E-state index contributed by atoms with van der Waals surface area (Å²) in [6, 6.07) is 8.47. The highest BCUT2D eigenvalue weighted by molar-refractivity contribution is 7.89. The number of hydrogen-bond acceptors (Lipinski definition) is 4. The second kappa shape index (κ2) is 9.47. The van der Waals surface area contributed by atoms with Crippen LogP contribution in [0, 0.1) is 11.8 Å². The standard InChI is InChI=1S/C22H35N3O3S/c1-4-29(27,28)25-14-11-20(12-15-25)22(26)23-18(3)19-7-9-21(10-8-19)24-13-5-6-17(2)16-24/h7-10,17-18,20H,4-6,11-16H2,1-3H3,(H,23,26). The Hall–Kier alpha value is -1.60. The quantitative estimate of drug-likeness (QED) is 0.766. The Bertz CT molecular complexity index is 786. The second-order valence-corrected chi connectivity index (χ2v) is 10.8. The lowest BCUT2D eigenvalue weighted by Gasteiger charge is -2.33. The summed E-state index contributed by atoms with van der Waals surface area (Å²) < 4.78 is 25.5. The van der Waals surface area contributed by atoms with E-state index in [2.05, 4.69) is 41.4 Å². The van der Waals surface area contributed by atoms with Gasteiger partial charge >= 0.3 is 0 Å². The zero-order valence-corrected chi connectivity index (χ0v) is 18.7. The maximum Gasteiger partial charge on any atom is 0.223 e. The number of nitrogens with one attached hydrogen (secondary N) is 1. The van der Waals surface area contributed by atoms with Crippen LogP contribution >= 0.6 is 0 Å². The predicted octanol–water partition coefficient (Wildman–Crippen LogP) is 3.16. The van der Waals surface area contributed by atoms with Gasteiger partial charge in [-0.1, -0.05) is 19.1 Å². The van der Waals surface area contributed by atoms with E-state index in [0.29, 0.717) is 25.9 Å². The summed E-state index contributed by atoms with van der Waals surface area (Å²) in [5.74, 6) is 0.767. The number of sulfonamides is 1. The van der Waals surface area contributed by atoms with Crippen molar-refractivity contribution >= 4 is 21.6 Å². The average molecular weight is 422 g/mol. The lowest BCUT2D eigenvalue weighted by Crippen LogP contribution is -2.43. The van der Waals surface area contributed by atoms with Crippen molar-refractivity contribution < 1.29 is 13.2 Å². The van der Waals surface area contributed by atoms with Crippen LogP contribution in [-0.4, -0.2) is 50.6 Å². The van der Waals surface area contributed by atoms with Crippen LogP contribution < -0.4 is 10.2 Å². The fraction of sp³-hybridized carbons (Fsp3) is 0.682. The molecule has 1 amide bonds. The number of anilines is 1. The molecule has 0 aromatic heterocycles. The van der Waals surface area contributed by atoms with E-state index >= 15 is 0 Å². The number of carbonyl (C=O) groups excluding carboxylic acids is 1. The molecule has 2 heterocycles. The number of rotatable bonds is 6. The molecule has 2 saturated heterocycles. The predicted molar refractivity (Wildman–Crippen MR) is 117 cm³/mol. The third-order valence-corrected chi connectivity index (χ3v) is 8.24. The van der Waals surface area contributed by atoms with Gasteiger partial charge in [0.1, 0.15) is 0 Å². The van der Waals surface area contributed by atoms with Gasteiger partial charge in [-0.25, -0.2) is 12.7 Å². The van der Waals surface area contributed by atoms with E-state index in [0.717, 1.165) is 24.6 Å². The fourth-order valence-electron chi connectivity index (χ4n) is 4.39. The molecule has 1 aromatic rings. The molecule has 2 fully saturated rings. The van der Waals surface area contributed by atoms with Gasteiger partial charge in [0, 0.05) is 37.8 Å². The van der Waals surface area contributed by atoms with E-state index in [1.165, 1.54) is 22.8 Å². The highest BCUT2D eigenvalue weighted by Gasteiger charge is 2.30. The van der Waals surface area contributed by atoms with Crippen LogP contribution in [0.25, 0.3) is 0 Å². The van der Waals surface area contributed by atoms with Crippen molar-refractivity contribution in [2.75, 3.05) is 36.8 Å². The van der Waals surface area contributed by atoms with Gasteiger partial charge < -0.3 is 10.2 Å². The maximum absolute atomic E-state index is 12.7. The zero-order valence-electron chi connectivity index (χ0n) is 17.9. The number of benzene rings is 1. The molecule has 7 heteroatoms. The molecule has 6 nitrogen and oxygen atoms in total. The smallest absolute Gasteiger partial charge is 0.223 e. The van der Waals surface area contributed by atoms with Crippen molar-refractivity contribution in [3.05, 3.63) is 29.8 Å². The number of piperidine rings is 2. The molecule has 0 radical (unpaired) electrons. The molecular weight excluding hydrogens is 386 g/mol. The van der Waals surface area contributed by atoms with E-state index in [-0.39, 0.29) is 23.6 Å². The van der Waals surface area contributed by atoms with Crippen LogP contribution in [-0.2, 0) is 14.8 Å². The van der Waals surface area contributed by atoms with E-state index < -0.39 is 10.0 Å². The van der Waals surface area contributed by atoms with Gasteiger partial charge in [0.15, 0.2) is 0 Å². The van der Waals surface area contributed by atoms with E-state index in [4.69, 9.17) is 0 Å². The van der Waals surface area contributed by atoms with Crippen molar-refractivity contribution in [1.82, 2.24) is 9.62 Å². The van der Waals surface area contributed by atoms with Gasteiger partial charge in [-0.3, -0.25) is 4.79 Å². The molecule has 0 aliphatic carbocycles. The topological polar surface area (TPSA) is 69.7 Å². The second-order valence-electron chi connectivity index (χ2n) is 8.59. The van der Waals surface area contributed by atoms with Crippen molar-refractivity contribution in [2.24, 2.45) is 11.8 Å². The normalized spacial score (nSPS) is 23.0. The highest BCUT2D eigenvalue weighted by atomic mass is 32.2. The van der Waals surface area contributed by atoms with Crippen LogP contribution in [0.2, 0.25) is 0 Å². The van der Waals surface area contributed by atoms with Crippen molar-refractivity contribution in [3.8, 4) is 0 Å². The molecule has 2 aliphatic heterocycles. The molecule has 0 bridgehead atoms. The molecule has 1 aromatic carbocycles. The summed E-state index contributed by atoms with van der Waals surface area (Å²) in [6.45, 7) is 9.07. The number of carbonyl (C=O) groups is 1. The largest absolute Gasteiger partial charge is 0.371 e. The molecule has 2 aliphatic rings. The molecule has 0 spiro atoms. The Morgan fingerprint density at radius 1 is 1.14 bits per heavy atom. The minimum absolute atomic E-state index is 0.0278. The van der Waals surface area contributed by atoms with E-state index in [1.807, 2.05) is 6.92 Å². The number of hydrogen-bond donors (Lipinski definition) is 1. The molecule has 2 atom stereocenters. The zero-order chi connectivity index (χ0) is 21.0. The Labute approximate surface area is 175 Å². The third-order valence-electron chi connectivity index (χ3n) is 6.36. The lowest BCUT2D eigenvalue weighted by molar-refractivity contribution is -0.126. The third kappa shape index (κ3) is 5.51. The molecule has 2 unspecified atom stereocenters. The molecule has 0 saturated carbocycles. The first-order valence-electron chi connectivity index (χ1n) is 10.9. The minimum atomic E-state index is -3.16. The molecular formula is C22H35N3O3S. The van der Waals surface area contributed by atoms with Gasteiger partial charge in [0.25, 0.3) is 0 Å². The Morgan fingerprint density at radius 2 is 1.79 bits per heavy atom. The highest BCUT2D eigenvalue weighted by Crippen LogP contribution is 2.25. The first kappa shape index (κ1) is 22.1. The van der Waals surface area contributed by atoms with Crippen LogP contribution in [0.15, 0.2) is 24.3 Å². The van der Waals surface area contributed by atoms with Crippen LogP contribution in [0.4, 0.5) is 5.69 Å². The van der Waals surface area contributed by atoms with Gasteiger partial charge in [0.05, 0.1) is 11.8 Å². The summed E-state index contributed by atoms with van der Waals surface area (Å²) in [7, 11) is -3.16. The van der Waals surface area contributed by atoms with E-state index in [9.17, 15) is 13.2 Å². The Balaban J connectivity index is 1.52. The first-order chi connectivity index (χ1) is 13.8. The summed E-state index contributed by atoms with van der Waals surface area (Å²) in [5.41, 5.74) is 2.35. The number of nitrogens with zero attached hydrogens (tertiary/aromatic N) is 2. The fourth-order valence-corrected chi connectivity index (χ4v) is 5.52. The van der Waals surface area contributed by atoms with Crippen molar-refractivity contribution in [2.45, 2.75) is 52.5 Å². The summed E-state index contributed by atoms with van der Waals surface area (Å²) in [6.07, 6.45) is 3.72. The SMILES string of the molecule is CCS(=O)(=O)N1CCC(C(=O)NC(C)c2ccc(N3CCCC(C)C3)cc2)CC1. The monoisotopic (exact) mass is 421 g/mol. The molecule has 162 valence electrons. The maximum atomic E-state index is 12.7. The van der Waals surface area contributed by atoms with E-state index in [1.54, 1.807) is 6.92 Å². The summed E-state index contributed by atoms with van der Waals surface area (Å²) in [5, 5.41) is 3.12. The summed E-state index contributed by atoms with van der Waals surface area (Å²) in [4.78, 5) is 15.1. The Kier molecular flexibility index (Phi) is 7.22. The van der Waals surface area contributed by atoms with Gasteiger partial charge in [0.2, 0.25) is 15.9 Å². The van der Waals surface area contributed by atoms with Crippen molar-refractivity contribution in [1.29, 1.82) is 0 Å². The van der Waals surface area contributed by atoms with Gasteiger partial charge in [-0.2, -0.15) is 0 Å². The minimum Gasteiger partial charge on any atom is -0.371 e. The van der Waals surface area contributed by atoms with Crippen LogP contribution in [0.1, 0.15) is 58.1 Å². The lowest BCUT2D eigenvalue weighted by atomic mass is 9.96. The Morgan fingerprint density at radius 3 is 2.38 bits per heavy atom. The molecule has 3 rings (SSSR count). The number of amides is 1. The molecule has 1 N–H and O–H groups in total. The molecule has 29 heavy (non-hydrogen) atoms. The van der Waals surface area contributed by atoms with Crippen LogP contribution in [0.5, 0.6) is 0 Å². The van der Waals surface area contributed by atoms with Gasteiger partial charge in [-0.05, 0) is 63.1 Å². The average Bonchev–Trinajstić information content (AvgIpc) is 2.74. The summed E-state index contributed by atoms with van der Waals surface area (Å²) >= 11 is 0. The van der Waals surface area contributed by atoms with Crippen molar-refractivity contribution in [3.63, 3.8) is 0 Å². The van der Waals surface area contributed by atoms with Gasteiger partial charge in [-0.15, -0.1) is 0 Å². The first-order valence-corrected chi connectivity index (χ1v) is 12.5. The van der Waals surface area contributed by atoms with Crippen LogP contribution in [0.3, 0.4) is 0 Å².